The van der Waals surface area contributed by atoms with Gasteiger partial charge < -0.3 is 9.47 Å². The molecule has 0 spiro atoms. The highest BCUT2D eigenvalue weighted by molar-refractivity contribution is 5.59. The standard InChI is InChI=1S/C12H12F3N3O4/c1-2-21-11(20)22-6-5-18-10(19)17-4-3-8(12(13,14)15)7-9(17)16-18/h3-4,7H,2,5-6H2,1H3. The molecule has 0 bridgehead atoms. The first-order chi connectivity index (χ1) is 10.3. The van der Waals surface area contributed by atoms with Crippen molar-refractivity contribution >= 4 is 11.8 Å². The highest BCUT2D eigenvalue weighted by Gasteiger charge is 2.31. The van der Waals surface area contributed by atoms with Gasteiger partial charge in [-0.1, -0.05) is 0 Å². The molecule has 0 aliphatic heterocycles. The summed E-state index contributed by atoms with van der Waals surface area (Å²) in [6.07, 6.45) is -4.41. The molecule has 0 unspecified atom stereocenters. The highest BCUT2D eigenvalue weighted by atomic mass is 19.4. The number of nitrogens with zero attached hydrogens (tertiary/aromatic N) is 3. The minimum atomic E-state index is -4.52. The third kappa shape index (κ3) is 3.38. The zero-order valence-electron chi connectivity index (χ0n) is 11.5. The topological polar surface area (TPSA) is 74.8 Å². The third-order valence-electron chi connectivity index (χ3n) is 2.70. The van der Waals surface area contributed by atoms with Crippen molar-refractivity contribution in [3.05, 3.63) is 34.4 Å². The van der Waals surface area contributed by atoms with Crippen molar-refractivity contribution in [3.63, 3.8) is 0 Å². The number of fused-ring (bicyclic) bond motifs is 1. The molecule has 10 heteroatoms. The number of carbonyl (C=O) groups is 1. The van der Waals surface area contributed by atoms with E-state index in [9.17, 15) is 22.8 Å². The van der Waals surface area contributed by atoms with Crippen molar-refractivity contribution in [2.24, 2.45) is 0 Å². The molecule has 0 atom stereocenters. The Balaban J connectivity index is 2.16. The highest BCUT2D eigenvalue weighted by Crippen LogP contribution is 2.29. The van der Waals surface area contributed by atoms with Crippen LogP contribution in [-0.4, -0.2) is 33.6 Å². The molecule has 0 amide bonds. The lowest BCUT2D eigenvalue weighted by Gasteiger charge is -2.05. The molecule has 0 aliphatic carbocycles. The number of pyridine rings is 1. The number of rotatable bonds is 4. The maximum absolute atomic E-state index is 12.6. The summed E-state index contributed by atoms with van der Waals surface area (Å²) in [7, 11) is 0. The van der Waals surface area contributed by atoms with Crippen LogP contribution in [0.4, 0.5) is 18.0 Å². The largest absolute Gasteiger partial charge is 0.508 e. The van der Waals surface area contributed by atoms with Gasteiger partial charge in [-0.05, 0) is 19.1 Å². The Morgan fingerprint density at radius 2 is 2.09 bits per heavy atom. The van der Waals surface area contributed by atoms with Crippen LogP contribution in [0, 0.1) is 0 Å². The molecule has 0 aliphatic rings. The number of halogens is 3. The molecule has 7 nitrogen and oxygen atoms in total. The Kier molecular flexibility index (Phi) is 4.38. The number of carbonyl (C=O) groups excluding carboxylic acids is 1. The van der Waals surface area contributed by atoms with Crippen molar-refractivity contribution in [2.75, 3.05) is 13.2 Å². The van der Waals surface area contributed by atoms with Gasteiger partial charge in [0, 0.05) is 6.20 Å². The Morgan fingerprint density at radius 1 is 1.36 bits per heavy atom. The number of hydrogen-bond donors (Lipinski definition) is 0. The number of ether oxygens (including phenoxy) is 2. The second-order valence-electron chi connectivity index (χ2n) is 4.18. The average molecular weight is 319 g/mol. The smallest absolute Gasteiger partial charge is 0.435 e. The van der Waals surface area contributed by atoms with Crippen LogP contribution in [0.15, 0.2) is 23.1 Å². The van der Waals surface area contributed by atoms with Crippen LogP contribution >= 0.6 is 0 Å². The van der Waals surface area contributed by atoms with Crippen LogP contribution < -0.4 is 5.69 Å². The van der Waals surface area contributed by atoms with Gasteiger partial charge in [0.15, 0.2) is 5.65 Å². The fraction of sp³-hybridized carbons (Fsp3) is 0.417. The molecule has 0 N–H and O–H groups in total. The fourth-order valence-corrected chi connectivity index (χ4v) is 1.71. The molecule has 0 saturated carbocycles. The van der Waals surface area contributed by atoms with E-state index in [1.807, 2.05) is 0 Å². The van der Waals surface area contributed by atoms with Gasteiger partial charge in [-0.15, -0.1) is 5.10 Å². The van der Waals surface area contributed by atoms with E-state index in [1.165, 1.54) is 0 Å². The van der Waals surface area contributed by atoms with E-state index in [-0.39, 0.29) is 25.4 Å². The Morgan fingerprint density at radius 3 is 2.73 bits per heavy atom. The van der Waals surface area contributed by atoms with E-state index in [4.69, 9.17) is 0 Å². The maximum atomic E-state index is 12.6. The van der Waals surface area contributed by atoms with Crippen molar-refractivity contribution in [2.45, 2.75) is 19.6 Å². The predicted molar refractivity (Wildman–Crippen MR) is 67.4 cm³/mol. The monoisotopic (exact) mass is 319 g/mol. The van der Waals surface area contributed by atoms with E-state index < -0.39 is 23.6 Å². The molecule has 2 rings (SSSR count). The van der Waals surface area contributed by atoms with Gasteiger partial charge in [0.05, 0.1) is 18.7 Å². The molecule has 2 aromatic heterocycles. The molecule has 0 aromatic carbocycles. The van der Waals surface area contributed by atoms with Crippen LogP contribution in [0.25, 0.3) is 5.65 Å². The lowest BCUT2D eigenvalue weighted by Crippen LogP contribution is -2.24. The van der Waals surface area contributed by atoms with Crippen LogP contribution in [0.5, 0.6) is 0 Å². The minimum Gasteiger partial charge on any atom is -0.435 e. The summed E-state index contributed by atoms with van der Waals surface area (Å²) in [5.74, 6) is 0. The van der Waals surface area contributed by atoms with Crippen molar-refractivity contribution in [1.29, 1.82) is 0 Å². The van der Waals surface area contributed by atoms with Crippen LogP contribution in [0.2, 0.25) is 0 Å². The predicted octanol–water partition coefficient (Wildman–Crippen LogP) is 1.69. The molecular weight excluding hydrogens is 307 g/mol. The molecule has 0 fully saturated rings. The summed E-state index contributed by atoms with van der Waals surface area (Å²) in [5.41, 5.74) is -1.67. The van der Waals surface area contributed by atoms with Crippen molar-refractivity contribution in [1.82, 2.24) is 14.2 Å². The van der Waals surface area contributed by atoms with E-state index in [0.29, 0.717) is 0 Å². The van der Waals surface area contributed by atoms with Gasteiger partial charge >= 0.3 is 18.0 Å². The summed E-state index contributed by atoms with van der Waals surface area (Å²) in [4.78, 5) is 22.9. The first kappa shape index (κ1) is 15.9. The lowest BCUT2D eigenvalue weighted by molar-refractivity contribution is -0.137. The van der Waals surface area contributed by atoms with E-state index in [0.717, 1.165) is 27.4 Å². The van der Waals surface area contributed by atoms with Crippen molar-refractivity contribution < 1.29 is 27.4 Å². The second kappa shape index (κ2) is 6.08. The average Bonchev–Trinajstić information content (AvgIpc) is 2.74. The van der Waals surface area contributed by atoms with Crippen LogP contribution in [0.1, 0.15) is 12.5 Å². The second-order valence-corrected chi connectivity index (χ2v) is 4.18. The summed E-state index contributed by atoms with van der Waals surface area (Å²) in [6.45, 7) is 1.47. The first-order valence-electron chi connectivity index (χ1n) is 6.29. The molecule has 22 heavy (non-hydrogen) atoms. The van der Waals surface area contributed by atoms with Crippen LogP contribution in [0.3, 0.4) is 0 Å². The molecule has 2 aromatic rings. The number of aromatic nitrogens is 3. The van der Waals surface area contributed by atoms with Gasteiger partial charge in [-0.3, -0.25) is 4.40 Å². The van der Waals surface area contributed by atoms with Gasteiger partial charge in [0.25, 0.3) is 0 Å². The minimum absolute atomic E-state index is 0.0965. The van der Waals surface area contributed by atoms with Crippen molar-refractivity contribution in [3.8, 4) is 0 Å². The third-order valence-corrected chi connectivity index (χ3v) is 2.70. The van der Waals surface area contributed by atoms with Gasteiger partial charge in [-0.2, -0.15) is 13.2 Å². The number of alkyl halides is 3. The lowest BCUT2D eigenvalue weighted by atomic mass is 10.2. The van der Waals surface area contributed by atoms with E-state index in [2.05, 4.69) is 14.6 Å². The summed E-state index contributed by atoms with van der Waals surface area (Å²) < 4.78 is 48.9. The SMILES string of the molecule is CCOC(=O)OCCn1nc2cc(C(F)(F)F)ccn2c1=O. The van der Waals surface area contributed by atoms with Gasteiger partial charge in [0.1, 0.15) is 6.61 Å². The van der Waals surface area contributed by atoms with Crippen LogP contribution in [-0.2, 0) is 22.2 Å². The first-order valence-corrected chi connectivity index (χ1v) is 6.29. The molecular formula is C12H12F3N3O4. The van der Waals surface area contributed by atoms with Gasteiger partial charge in [0.2, 0.25) is 0 Å². The Bertz CT molecular complexity index is 735. The van der Waals surface area contributed by atoms with Gasteiger partial charge in [-0.25, -0.2) is 14.3 Å². The fourth-order valence-electron chi connectivity index (χ4n) is 1.71. The molecule has 2 heterocycles. The molecule has 120 valence electrons. The van der Waals surface area contributed by atoms with E-state index >= 15 is 0 Å². The zero-order chi connectivity index (χ0) is 16.3. The molecule has 0 saturated heterocycles. The summed E-state index contributed by atoms with van der Waals surface area (Å²) >= 11 is 0. The Labute approximate surface area is 121 Å². The Hall–Kier alpha value is -2.52. The quantitative estimate of drug-likeness (QED) is 0.802. The van der Waals surface area contributed by atoms with E-state index in [1.54, 1.807) is 6.92 Å². The maximum Gasteiger partial charge on any atom is 0.508 e. The summed E-state index contributed by atoms with van der Waals surface area (Å²) in [6, 6.07) is 1.56. The summed E-state index contributed by atoms with van der Waals surface area (Å²) in [5, 5.41) is 3.76. The number of hydrogen-bond acceptors (Lipinski definition) is 5. The molecule has 0 radical (unpaired) electrons. The normalized spacial score (nSPS) is 11.6. The zero-order valence-corrected chi connectivity index (χ0v) is 11.5.